The van der Waals surface area contributed by atoms with Crippen molar-refractivity contribution in [3.63, 3.8) is 0 Å². The Morgan fingerprint density at radius 2 is 2.04 bits per heavy atom. The van der Waals surface area contributed by atoms with Crippen LogP contribution < -0.4 is 15.5 Å². The first kappa shape index (κ1) is 20.0. The number of nitrogens with one attached hydrogen (secondary N) is 2. The lowest BCUT2D eigenvalue weighted by Crippen LogP contribution is -2.24. The molecule has 0 aliphatic carbocycles. The molecule has 140 valence electrons. The Balaban J connectivity index is 1.88. The third-order valence-corrected chi connectivity index (χ3v) is 3.91. The molecular formula is C17H15BrN4O5. The van der Waals surface area contributed by atoms with Gasteiger partial charge in [0.25, 0.3) is 5.69 Å². The molecule has 0 radical (unpaired) electrons. The monoisotopic (exact) mass is 434 g/mol. The number of ether oxygens (including phenoxy) is 1. The van der Waals surface area contributed by atoms with E-state index in [0.29, 0.717) is 21.5 Å². The number of anilines is 1. The minimum atomic E-state index is -0.627. The predicted molar refractivity (Wildman–Crippen MR) is 103 cm³/mol. The maximum atomic E-state index is 11.9. The first-order valence-electron chi connectivity index (χ1n) is 7.59. The average Bonchev–Trinajstić information content (AvgIpc) is 2.62. The van der Waals surface area contributed by atoms with Crippen LogP contribution in [-0.4, -0.2) is 30.1 Å². The van der Waals surface area contributed by atoms with Gasteiger partial charge in [0, 0.05) is 23.4 Å². The van der Waals surface area contributed by atoms with Crippen LogP contribution >= 0.6 is 15.9 Å². The SMILES string of the molecule is COc1cccc(NC(=O)CC(=O)NN=Cc2ccc(Br)c([N+](=O)[O-])c2)c1. The topological polar surface area (TPSA) is 123 Å². The number of nitro groups is 1. The number of carbonyl (C=O) groups is 2. The molecule has 0 heterocycles. The number of nitrogens with zero attached hydrogens (tertiary/aromatic N) is 2. The molecular weight excluding hydrogens is 420 g/mol. The predicted octanol–water partition coefficient (Wildman–Crippen LogP) is 2.84. The molecule has 2 rings (SSSR count). The van der Waals surface area contributed by atoms with Crippen molar-refractivity contribution in [3.8, 4) is 5.75 Å². The standard InChI is InChI=1S/C17H15BrN4O5/c1-27-13-4-2-3-12(8-13)20-16(23)9-17(24)21-19-10-11-5-6-14(18)15(7-11)22(25)26/h2-8,10H,9H2,1H3,(H,20,23)(H,21,24). The Morgan fingerprint density at radius 3 is 2.74 bits per heavy atom. The van der Waals surface area contributed by atoms with Crippen LogP contribution in [0.3, 0.4) is 0 Å². The molecule has 0 aliphatic heterocycles. The van der Waals surface area contributed by atoms with Gasteiger partial charge in [0.1, 0.15) is 12.2 Å². The van der Waals surface area contributed by atoms with E-state index in [1.54, 1.807) is 30.3 Å². The summed E-state index contributed by atoms with van der Waals surface area (Å²) in [5, 5.41) is 17.1. The van der Waals surface area contributed by atoms with Gasteiger partial charge in [-0.15, -0.1) is 0 Å². The Hall–Kier alpha value is -3.27. The van der Waals surface area contributed by atoms with Crippen molar-refractivity contribution in [1.82, 2.24) is 5.43 Å². The van der Waals surface area contributed by atoms with Crippen molar-refractivity contribution in [2.45, 2.75) is 6.42 Å². The van der Waals surface area contributed by atoms with Crippen LogP contribution in [0.15, 0.2) is 52.0 Å². The summed E-state index contributed by atoms with van der Waals surface area (Å²) in [7, 11) is 1.51. The van der Waals surface area contributed by atoms with E-state index in [1.165, 1.54) is 25.5 Å². The number of rotatable bonds is 7. The van der Waals surface area contributed by atoms with E-state index in [9.17, 15) is 19.7 Å². The van der Waals surface area contributed by atoms with Crippen molar-refractivity contribution >= 4 is 45.3 Å². The van der Waals surface area contributed by atoms with Crippen molar-refractivity contribution in [1.29, 1.82) is 0 Å². The van der Waals surface area contributed by atoms with Crippen molar-refractivity contribution in [2.75, 3.05) is 12.4 Å². The number of carbonyl (C=O) groups excluding carboxylic acids is 2. The van der Waals surface area contributed by atoms with E-state index >= 15 is 0 Å². The summed E-state index contributed by atoms with van der Waals surface area (Å²) in [6, 6.07) is 11.1. The Bertz CT molecular complexity index is 901. The van der Waals surface area contributed by atoms with Crippen LogP contribution in [0, 0.1) is 10.1 Å². The maximum Gasteiger partial charge on any atom is 0.284 e. The third-order valence-electron chi connectivity index (χ3n) is 3.24. The average molecular weight is 435 g/mol. The van der Waals surface area contributed by atoms with Crippen LogP contribution in [0.4, 0.5) is 11.4 Å². The minimum Gasteiger partial charge on any atom is -0.497 e. The maximum absolute atomic E-state index is 11.9. The first-order chi connectivity index (χ1) is 12.9. The van der Waals surface area contributed by atoms with Gasteiger partial charge in [0.05, 0.1) is 22.7 Å². The van der Waals surface area contributed by atoms with Crippen LogP contribution in [0.25, 0.3) is 0 Å². The van der Waals surface area contributed by atoms with E-state index in [4.69, 9.17) is 4.74 Å². The van der Waals surface area contributed by atoms with Crippen molar-refractivity contribution in [3.05, 3.63) is 62.6 Å². The fourth-order valence-electron chi connectivity index (χ4n) is 2.02. The number of nitro benzene ring substituents is 1. The highest BCUT2D eigenvalue weighted by Crippen LogP contribution is 2.24. The summed E-state index contributed by atoms with van der Waals surface area (Å²) >= 11 is 3.08. The quantitative estimate of drug-likeness (QED) is 0.300. The van der Waals surface area contributed by atoms with E-state index in [1.807, 2.05) is 0 Å². The molecule has 2 aromatic carbocycles. The van der Waals surface area contributed by atoms with Gasteiger partial charge in [-0.25, -0.2) is 5.43 Å². The van der Waals surface area contributed by atoms with Gasteiger partial charge in [-0.05, 0) is 34.1 Å². The second-order valence-corrected chi connectivity index (χ2v) is 6.07. The zero-order valence-electron chi connectivity index (χ0n) is 14.1. The van der Waals surface area contributed by atoms with Crippen LogP contribution in [0.2, 0.25) is 0 Å². The third kappa shape index (κ3) is 6.19. The summed E-state index contributed by atoms with van der Waals surface area (Å²) in [6.07, 6.45) is 0.812. The normalized spacial score (nSPS) is 10.4. The smallest absolute Gasteiger partial charge is 0.284 e. The lowest BCUT2D eigenvalue weighted by atomic mass is 10.2. The highest BCUT2D eigenvalue weighted by molar-refractivity contribution is 9.10. The van der Waals surface area contributed by atoms with Crippen molar-refractivity contribution in [2.24, 2.45) is 5.10 Å². The number of hydrazone groups is 1. The van der Waals surface area contributed by atoms with E-state index in [2.05, 4.69) is 31.8 Å². The van der Waals surface area contributed by atoms with E-state index in [0.717, 1.165) is 0 Å². The molecule has 9 nitrogen and oxygen atoms in total. The molecule has 0 unspecified atom stereocenters. The van der Waals surface area contributed by atoms with Crippen molar-refractivity contribution < 1.29 is 19.2 Å². The molecule has 0 spiro atoms. The summed E-state index contributed by atoms with van der Waals surface area (Å²) in [5.74, 6) is -0.570. The number of hydrogen-bond donors (Lipinski definition) is 2. The fourth-order valence-corrected chi connectivity index (χ4v) is 2.41. The van der Waals surface area contributed by atoms with Gasteiger partial charge < -0.3 is 10.1 Å². The van der Waals surface area contributed by atoms with Gasteiger partial charge in [-0.3, -0.25) is 19.7 Å². The summed E-state index contributed by atoms with van der Waals surface area (Å²) in [4.78, 5) is 34.0. The number of benzene rings is 2. The largest absolute Gasteiger partial charge is 0.497 e. The molecule has 0 fully saturated rings. The number of methoxy groups -OCH3 is 1. The summed E-state index contributed by atoms with van der Waals surface area (Å²) in [6.45, 7) is 0. The van der Waals surface area contributed by atoms with Gasteiger partial charge in [-0.2, -0.15) is 5.10 Å². The van der Waals surface area contributed by atoms with Gasteiger partial charge in [0.15, 0.2) is 0 Å². The van der Waals surface area contributed by atoms with Crippen LogP contribution in [-0.2, 0) is 9.59 Å². The lowest BCUT2D eigenvalue weighted by Gasteiger charge is -2.06. The minimum absolute atomic E-state index is 0.122. The highest BCUT2D eigenvalue weighted by atomic mass is 79.9. The highest BCUT2D eigenvalue weighted by Gasteiger charge is 2.12. The molecule has 0 atom stereocenters. The molecule has 2 aromatic rings. The zero-order chi connectivity index (χ0) is 19.8. The Kier molecular flexibility index (Phi) is 7.00. The van der Waals surface area contributed by atoms with Gasteiger partial charge in [-0.1, -0.05) is 12.1 Å². The summed E-state index contributed by atoms with van der Waals surface area (Å²) < 4.78 is 5.38. The second-order valence-electron chi connectivity index (χ2n) is 5.22. The lowest BCUT2D eigenvalue weighted by molar-refractivity contribution is -0.385. The zero-order valence-corrected chi connectivity index (χ0v) is 15.7. The number of halogens is 1. The molecule has 2 amide bonds. The molecule has 0 aromatic heterocycles. The van der Waals surface area contributed by atoms with Gasteiger partial charge in [0.2, 0.25) is 11.8 Å². The Morgan fingerprint density at radius 1 is 1.26 bits per heavy atom. The molecule has 27 heavy (non-hydrogen) atoms. The molecule has 0 saturated carbocycles. The van der Waals surface area contributed by atoms with Crippen LogP contribution in [0.5, 0.6) is 5.75 Å². The van der Waals surface area contributed by atoms with Gasteiger partial charge >= 0.3 is 0 Å². The van der Waals surface area contributed by atoms with E-state index < -0.39 is 23.2 Å². The molecule has 0 saturated heterocycles. The second kappa shape index (κ2) is 9.43. The number of hydrogen-bond acceptors (Lipinski definition) is 6. The van der Waals surface area contributed by atoms with Crippen LogP contribution in [0.1, 0.15) is 12.0 Å². The van der Waals surface area contributed by atoms with E-state index in [-0.39, 0.29) is 5.69 Å². The summed E-state index contributed by atoms with van der Waals surface area (Å²) in [5.41, 5.74) is 3.00. The molecule has 2 N–H and O–H groups in total. The fraction of sp³-hybridized carbons (Fsp3) is 0.118. The number of amides is 2. The molecule has 10 heteroatoms. The first-order valence-corrected chi connectivity index (χ1v) is 8.38. The molecule has 0 aliphatic rings. The molecule has 0 bridgehead atoms. The Labute approximate surface area is 162 Å².